The van der Waals surface area contributed by atoms with E-state index in [4.69, 9.17) is 4.74 Å². The normalized spacial score (nSPS) is 17.2. The maximum Gasteiger partial charge on any atom is 0.433 e. The fraction of sp³-hybridized carbons (Fsp3) is 0.316. The van der Waals surface area contributed by atoms with Crippen molar-refractivity contribution in [3.8, 4) is 6.01 Å². The molecule has 1 saturated heterocycles. The molecule has 30 heavy (non-hydrogen) atoms. The highest BCUT2D eigenvalue weighted by molar-refractivity contribution is 5.91. The van der Waals surface area contributed by atoms with Gasteiger partial charge in [-0.25, -0.2) is 4.98 Å². The van der Waals surface area contributed by atoms with Crippen LogP contribution in [0, 0.1) is 10.1 Å². The first-order valence-corrected chi connectivity index (χ1v) is 9.01. The molecule has 1 aromatic heterocycles. The Hall–Kier alpha value is -3.50. The average Bonchev–Trinajstić information content (AvgIpc) is 2.72. The molecule has 11 heteroatoms. The number of nitrogens with zero attached hydrogens (tertiary/aromatic N) is 4. The van der Waals surface area contributed by atoms with Crippen molar-refractivity contribution in [3.05, 3.63) is 64.0 Å². The van der Waals surface area contributed by atoms with Gasteiger partial charge in [0.05, 0.1) is 11.5 Å². The van der Waals surface area contributed by atoms with Crippen molar-refractivity contribution in [2.75, 3.05) is 13.1 Å². The van der Waals surface area contributed by atoms with Gasteiger partial charge in [0.2, 0.25) is 5.91 Å². The third-order valence-corrected chi connectivity index (χ3v) is 4.41. The summed E-state index contributed by atoms with van der Waals surface area (Å²) < 4.78 is 43.7. The molecule has 0 aliphatic carbocycles. The van der Waals surface area contributed by atoms with Crippen LogP contribution in [-0.4, -0.2) is 44.9 Å². The van der Waals surface area contributed by atoms with Crippen molar-refractivity contribution >= 4 is 17.7 Å². The molecule has 0 bridgehead atoms. The number of hydrogen-bond acceptors (Lipinski definition) is 6. The topological polar surface area (TPSA) is 98.5 Å². The number of alkyl halides is 3. The van der Waals surface area contributed by atoms with Crippen molar-refractivity contribution < 1.29 is 27.6 Å². The lowest BCUT2D eigenvalue weighted by Gasteiger charge is -2.31. The minimum absolute atomic E-state index is 0.0497. The Morgan fingerprint density at radius 2 is 2.00 bits per heavy atom. The van der Waals surface area contributed by atoms with E-state index in [1.807, 2.05) is 0 Å². The number of nitro groups is 1. The van der Waals surface area contributed by atoms with Crippen LogP contribution < -0.4 is 4.74 Å². The smallest absolute Gasteiger partial charge is 0.433 e. The van der Waals surface area contributed by atoms with Crippen LogP contribution in [0.4, 0.5) is 18.9 Å². The van der Waals surface area contributed by atoms with Crippen LogP contribution >= 0.6 is 0 Å². The molecule has 1 atom stereocenters. The van der Waals surface area contributed by atoms with Crippen molar-refractivity contribution in [2.24, 2.45) is 0 Å². The van der Waals surface area contributed by atoms with Gasteiger partial charge in [-0.2, -0.15) is 18.2 Å². The molecule has 0 saturated carbocycles. The number of nitro benzene ring substituents is 1. The Bertz CT molecular complexity index is 948. The van der Waals surface area contributed by atoms with Gasteiger partial charge in [0.1, 0.15) is 6.10 Å². The highest BCUT2D eigenvalue weighted by Gasteiger charge is 2.33. The van der Waals surface area contributed by atoms with Crippen molar-refractivity contribution in [3.63, 3.8) is 0 Å². The van der Waals surface area contributed by atoms with Gasteiger partial charge in [0.25, 0.3) is 5.69 Å². The summed E-state index contributed by atoms with van der Waals surface area (Å²) in [6.07, 6.45) is -0.117. The van der Waals surface area contributed by atoms with Crippen LogP contribution in [0.2, 0.25) is 0 Å². The predicted octanol–water partition coefficient (Wildman–Crippen LogP) is 3.49. The van der Waals surface area contributed by atoms with Crippen molar-refractivity contribution in [1.29, 1.82) is 0 Å². The standard InChI is InChI=1S/C19H17F3N4O4/c20-19(21,22)16-9-10-23-18(24-16)30-15-2-1-11-25(12-15)17(27)8-5-13-3-6-14(7-4-13)26(28)29/h3-10,15H,1-2,11-12H2/b8-5+. The number of likely N-dealkylation sites (tertiary alicyclic amines) is 1. The molecule has 1 fully saturated rings. The quantitative estimate of drug-likeness (QED) is 0.416. The number of carbonyl (C=O) groups excluding carboxylic acids is 1. The molecule has 8 nitrogen and oxygen atoms in total. The summed E-state index contributed by atoms with van der Waals surface area (Å²) in [7, 11) is 0. The molecule has 0 N–H and O–H groups in total. The third kappa shape index (κ3) is 5.52. The molecular weight excluding hydrogens is 405 g/mol. The summed E-state index contributed by atoms with van der Waals surface area (Å²) in [5, 5.41) is 10.7. The largest absolute Gasteiger partial charge is 0.458 e. The molecule has 2 aromatic rings. The minimum Gasteiger partial charge on any atom is -0.458 e. The fourth-order valence-electron chi connectivity index (χ4n) is 2.92. The molecule has 1 aliphatic heterocycles. The zero-order valence-electron chi connectivity index (χ0n) is 15.6. The second-order valence-electron chi connectivity index (χ2n) is 6.57. The maximum absolute atomic E-state index is 12.8. The van der Waals surface area contributed by atoms with E-state index >= 15 is 0 Å². The van der Waals surface area contributed by atoms with Crippen LogP contribution in [0.5, 0.6) is 6.01 Å². The number of piperidine rings is 1. The zero-order valence-corrected chi connectivity index (χ0v) is 15.6. The number of carbonyl (C=O) groups is 1. The Morgan fingerprint density at radius 3 is 2.67 bits per heavy atom. The maximum atomic E-state index is 12.8. The van der Waals surface area contributed by atoms with Gasteiger partial charge in [-0.05, 0) is 42.7 Å². The SMILES string of the molecule is O=C(/C=C/c1ccc([N+](=O)[O-])cc1)N1CCCC(Oc2nccc(C(F)(F)F)n2)C1. The number of halogens is 3. The summed E-state index contributed by atoms with van der Waals surface area (Å²) >= 11 is 0. The van der Waals surface area contributed by atoms with Gasteiger partial charge in [0.15, 0.2) is 5.69 Å². The van der Waals surface area contributed by atoms with Crippen molar-refractivity contribution in [1.82, 2.24) is 14.9 Å². The van der Waals surface area contributed by atoms with Crippen molar-refractivity contribution in [2.45, 2.75) is 25.1 Å². The lowest BCUT2D eigenvalue weighted by atomic mass is 10.1. The van der Waals surface area contributed by atoms with Gasteiger partial charge in [-0.3, -0.25) is 14.9 Å². The monoisotopic (exact) mass is 422 g/mol. The summed E-state index contributed by atoms with van der Waals surface area (Å²) in [6.45, 7) is 0.662. The molecule has 1 aromatic carbocycles. The lowest BCUT2D eigenvalue weighted by Crippen LogP contribution is -2.44. The van der Waals surface area contributed by atoms with E-state index in [2.05, 4.69) is 9.97 Å². The molecule has 1 unspecified atom stereocenters. The van der Waals surface area contributed by atoms with E-state index < -0.39 is 22.9 Å². The Kier molecular flexibility index (Phi) is 6.28. The second-order valence-corrected chi connectivity index (χ2v) is 6.57. The fourth-order valence-corrected chi connectivity index (χ4v) is 2.92. The first kappa shape index (κ1) is 21.2. The summed E-state index contributed by atoms with van der Waals surface area (Å²) in [6, 6.07) is 6.09. The van der Waals surface area contributed by atoms with Gasteiger partial charge in [0, 0.05) is 31.0 Å². The number of benzene rings is 1. The number of non-ortho nitro benzene ring substituents is 1. The Morgan fingerprint density at radius 1 is 1.27 bits per heavy atom. The van der Waals surface area contributed by atoms with Crippen LogP contribution in [-0.2, 0) is 11.0 Å². The molecule has 158 valence electrons. The molecule has 1 aliphatic rings. The summed E-state index contributed by atoms with van der Waals surface area (Å²) in [5.41, 5.74) is -0.523. The summed E-state index contributed by atoms with van der Waals surface area (Å²) in [5.74, 6) is -0.299. The molecule has 0 spiro atoms. The number of rotatable bonds is 5. The van der Waals surface area contributed by atoms with E-state index in [1.165, 1.54) is 41.3 Å². The van der Waals surface area contributed by atoms with E-state index in [-0.39, 0.29) is 24.1 Å². The Balaban J connectivity index is 1.60. The predicted molar refractivity (Wildman–Crippen MR) is 99.4 cm³/mol. The third-order valence-electron chi connectivity index (χ3n) is 4.41. The molecule has 2 heterocycles. The van der Waals surface area contributed by atoms with Gasteiger partial charge >= 0.3 is 12.2 Å². The summed E-state index contributed by atoms with van der Waals surface area (Å²) in [4.78, 5) is 31.2. The van der Waals surface area contributed by atoms with Crippen LogP contribution in [0.25, 0.3) is 6.08 Å². The highest BCUT2D eigenvalue weighted by atomic mass is 19.4. The highest BCUT2D eigenvalue weighted by Crippen LogP contribution is 2.28. The van der Waals surface area contributed by atoms with Gasteiger partial charge in [-0.1, -0.05) is 0 Å². The minimum atomic E-state index is -4.60. The van der Waals surface area contributed by atoms with Crippen LogP contribution in [0.1, 0.15) is 24.1 Å². The number of amides is 1. The Labute approximate surface area is 169 Å². The molecular formula is C19H17F3N4O4. The first-order chi connectivity index (χ1) is 14.2. The number of aromatic nitrogens is 2. The first-order valence-electron chi connectivity index (χ1n) is 9.01. The van der Waals surface area contributed by atoms with Crippen LogP contribution in [0.15, 0.2) is 42.6 Å². The van der Waals surface area contributed by atoms with E-state index in [9.17, 15) is 28.1 Å². The second kappa shape index (κ2) is 8.89. The molecule has 3 rings (SSSR count). The van der Waals surface area contributed by atoms with Gasteiger partial charge in [-0.15, -0.1) is 0 Å². The number of ether oxygens (including phenoxy) is 1. The molecule has 0 radical (unpaired) electrons. The zero-order chi connectivity index (χ0) is 21.7. The van der Waals surface area contributed by atoms with E-state index in [1.54, 1.807) is 0 Å². The van der Waals surface area contributed by atoms with E-state index in [0.717, 1.165) is 12.3 Å². The average molecular weight is 422 g/mol. The van der Waals surface area contributed by atoms with E-state index in [0.29, 0.717) is 24.9 Å². The lowest BCUT2D eigenvalue weighted by molar-refractivity contribution is -0.384. The van der Waals surface area contributed by atoms with Gasteiger partial charge < -0.3 is 9.64 Å². The molecule has 1 amide bonds. The number of hydrogen-bond donors (Lipinski definition) is 0. The van der Waals surface area contributed by atoms with Crippen LogP contribution in [0.3, 0.4) is 0 Å².